The maximum atomic E-state index is 12.2. The van der Waals surface area contributed by atoms with Crippen molar-refractivity contribution in [2.75, 3.05) is 18.1 Å². The number of hydrogen-bond donors (Lipinski definition) is 2. The number of sulfone groups is 1. The van der Waals surface area contributed by atoms with Crippen molar-refractivity contribution in [2.45, 2.75) is 50.2 Å². The van der Waals surface area contributed by atoms with Crippen LogP contribution in [0.5, 0.6) is 0 Å². The van der Waals surface area contributed by atoms with Crippen LogP contribution in [0.1, 0.15) is 45.6 Å². The molecule has 0 heterocycles. The average Bonchev–Trinajstić information content (AvgIpc) is 2.35. The van der Waals surface area contributed by atoms with Gasteiger partial charge in [-0.1, -0.05) is 45.4 Å². The number of carbonyl (C=O) groups excluding carboxylic acids is 1. The Morgan fingerprint density at radius 3 is 2.30 bits per heavy atom. The zero-order chi connectivity index (χ0) is 17.3. The molecule has 0 bridgehead atoms. The Bertz CT molecular complexity index is 686. The van der Waals surface area contributed by atoms with Crippen molar-refractivity contribution in [2.24, 2.45) is 0 Å². The van der Waals surface area contributed by atoms with E-state index in [1.807, 2.05) is 24.3 Å². The summed E-state index contributed by atoms with van der Waals surface area (Å²) in [5.74, 6) is 0. The van der Waals surface area contributed by atoms with Crippen LogP contribution in [0.25, 0.3) is 0 Å². The monoisotopic (exact) mass is 338 g/mol. The highest BCUT2D eigenvalue weighted by Gasteiger charge is 2.46. The Labute approximate surface area is 138 Å². The van der Waals surface area contributed by atoms with Crippen LogP contribution in [-0.2, 0) is 15.3 Å². The van der Waals surface area contributed by atoms with Gasteiger partial charge in [-0.15, -0.1) is 0 Å². The first-order valence-corrected chi connectivity index (χ1v) is 9.78. The lowest BCUT2D eigenvalue weighted by Gasteiger charge is -2.39. The molecule has 1 aliphatic rings. The first-order valence-electron chi connectivity index (χ1n) is 7.89. The van der Waals surface area contributed by atoms with Gasteiger partial charge in [0.25, 0.3) is 0 Å². The Kier molecular flexibility index (Phi) is 4.76. The maximum Gasteiger partial charge on any atom is 0.319 e. The minimum atomic E-state index is -3.17. The largest absolute Gasteiger partial charge is 0.336 e. The van der Waals surface area contributed by atoms with Crippen LogP contribution in [-0.4, -0.2) is 32.0 Å². The van der Waals surface area contributed by atoms with Gasteiger partial charge < -0.3 is 10.6 Å². The average molecular weight is 338 g/mol. The van der Waals surface area contributed by atoms with E-state index in [9.17, 15) is 13.2 Å². The zero-order valence-electron chi connectivity index (χ0n) is 14.3. The van der Waals surface area contributed by atoms with Crippen LogP contribution in [0.3, 0.4) is 0 Å². The highest BCUT2D eigenvalue weighted by molar-refractivity contribution is 7.92. The van der Waals surface area contributed by atoms with E-state index in [1.165, 1.54) is 6.26 Å². The molecular formula is C17H26N2O3S. The van der Waals surface area contributed by atoms with Crippen molar-refractivity contribution >= 4 is 21.6 Å². The van der Waals surface area contributed by atoms with Gasteiger partial charge in [0, 0.05) is 18.5 Å². The van der Waals surface area contributed by atoms with E-state index in [4.69, 9.17) is 0 Å². The second kappa shape index (κ2) is 6.15. The number of nitrogens with one attached hydrogen (secondary N) is 2. The first kappa shape index (κ1) is 17.8. The molecule has 2 N–H and O–H groups in total. The standard InChI is InChI=1S/C17H26N2O3S/c1-16(2,3)13-8-5-6-9-14(13)19-15(20)18-12-17(10-7-11-17)23(4,21)22/h5-6,8-9H,7,10-12H2,1-4H3,(H2,18,19,20). The molecular weight excluding hydrogens is 312 g/mol. The van der Waals surface area contributed by atoms with E-state index in [2.05, 4.69) is 31.4 Å². The summed E-state index contributed by atoms with van der Waals surface area (Å²) in [6.45, 7) is 6.41. The van der Waals surface area contributed by atoms with Gasteiger partial charge >= 0.3 is 6.03 Å². The van der Waals surface area contributed by atoms with Crippen molar-refractivity contribution in [3.05, 3.63) is 29.8 Å². The van der Waals surface area contributed by atoms with Crippen LogP contribution in [0.15, 0.2) is 24.3 Å². The molecule has 5 nitrogen and oxygen atoms in total. The third-order valence-corrected chi connectivity index (χ3v) is 6.73. The second-order valence-electron chi connectivity index (χ2n) is 7.41. The van der Waals surface area contributed by atoms with Gasteiger partial charge in [-0.05, 0) is 29.9 Å². The molecule has 1 saturated carbocycles. The molecule has 0 radical (unpaired) electrons. The molecule has 6 heteroatoms. The molecule has 1 aromatic carbocycles. The quantitative estimate of drug-likeness (QED) is 0.886. The lowest BCUT2D eigenvalue weighted by Crippen LogP contribution is -2.53. The number of amides is 2. The number of para-hydroxylation sites is 1. The maximum absolute atomic E-state index is 12.2. The molecule has 23 heavy (non-hydrogen) atoms. The minimum absolute atomic E-state index is 0.0914. The van der Waals surface area contributed by atoms with Gasteiger partial charge in [0.2, 0.25) is 0 Å². The topological polar surface area (TPSA) is 75.3 Å². The first-order chi connectivity index (χ1) is 10.6. The summed E-state index contributed by atoms with van der Waals surface area (Å²) in [7, 11) is -3.17. The fourth-order valence-electron chi connectivity index (χ4n) is 2.90. The molecule has 0 spiro atoms. The molecule has 0 aliphatic heterocycles. The van der Waals surface area contributed by atoms with Gasteiger partial charge in [0.15, 0.2) is 9.84 Å². The van der Waals surface area contributed by atoms with Crippen LogP contribution in [0, 0.1) is 0 Å². The number of carbonyl (C=O) groups is 1. The number of benzene rings is 1. The minimum Gasteiger partial charge on any atom is -0.336 e. The SMILES string of the molecule is CC(C)(C)c1ccccc1NC(=O)NCC1(S(C)(=O)=O)CCC1. The summed E-state index contributed by atoms with van der Waals surface area (Å²) in [5, 5.41) is 5.57. The molecule has 0 saturated heterocycles. The van der Waals surface area contributed by atoms with Gasteiger partial charge in [0.1, 0.15) is 0 Å². The highest BCUT2D eigenvalue weighted by atomic mass is 32.2. The van der Waals surface area contributed by atoms with Crippen LogP contribution >= 0.6 is 0 Å². The predicted molar refractivity (Wildman–Crippen MR) is 93.6 cm³/mol. The van der Waals surface area contributed by atoms with E-state index >= 15 is 0 Å². The molecule has 1 aliphatic carbocycles. The van der Waals surface area contributed by atoms with E-state index in [0.29, 0.717) is 12.8 Å². The Balaban J connectivity index is 2.04. The summed E-state index contributed by atoms with van der Waals surface area (Å²) in [5.41, 5.74) is 1.70. The molecule has 0 aromatic heterocycles. The van der Waals surface area contributed by atoms with Crippen LogP contribution < -0.4 is 10.6 Å². The summed E-state index contributed by atoms with van der Waals surface area (Å²) >= 11 is 0. The van der Waals surface area contributed by atoms with Crippen molar-refractivity contribution in [3.8, 4) is 0 Å². The van der Waals surface area contributed by atoms with Crippen molar-refractivity contribution < 1.29 is 13.2 Å². The third kappa shape index (κ3) is 3.86. The number of rotatable bonds is 4. The summed E-state index contributed by atoms with van der Waals surface area (Å²) < 4.78 is 23.1. The molecule has 1 fully saturated rings. The van der Waals surface area contributed by atoms with E-state index < -0.39 is 14.6 Å². The Morgan fingerprint density at radius 2 is 1.83 bits per heavy atom. The fraction of sp³-hybridized carbons (Fsp3) is 0.588. The van der Waals surface area contributed by atoms with Crippen LogP contribution in [0.2, 0.25) is 0 Å². The van der Waals surface area contributed by atoms with E-state index in [0.717, 1.165) is 17.7 Å². The van der Waals surface area contributed by atoms with Gasteiger partial charge in [-0.3, -0.25) is 0 Å². The van der Waals surface area contributed by atoms with E-state index in [-0.39, 0.29) is 18.0 Å². The number of urea groups is 1. The second-order valence-corrected chi connectivity index (χ2v) is 9.82. The summed E-state index contributed by atoms with van der Waals surface area (Å²) in [6.07, 6.45) is 3.37. The summed E-state index contributed by atoms with van der Waals surface area (Å²) in [6, 6.07) is 7.29. The zero-order valence-corrected chi connectivity index (χ0v) is 15.1. The number of hydrogen-bond acceptors (Lipinski definition) is 3. The lowest BCUT2D eigenvalue weighted by molar-refractivity contribution is 0.246. The smallest absolute Gasteiger partial charge is 0.319 e. The highest BCUT2D eigenvalue weighted by Crippen LogP contribution is 2.38. The van der Waals surface area contributed by atoms with Gasteiger partial charge in [-0.2, -0.15) is 0 Å². The van der Waals surface area contributed by atoms with Gasteiger partial charge in [-0.25, -0.2) is 13.2 Å². The van der Waals surface area contributed by atoms with Crippen molar-refractivity contribution in [1.29, 1.82) is 0 Å². The summed E-state index contributed by atoms with van der Waals surface area (Å²) in [4.78, 5) is 12.2. The molecule has 0 atom stereocenters. The normalized spacial score (nSPS) is 17.2. The van der Waals surface area contributed by atoms with E-state index in [1.54, 1.807) is 0 Å². The third-order valence-electron chi connectivity index (χ3n) is 4.61. The van der Waals surface area contributed by atoms with Crippen LogP contribution in [0.4, 0.5) is 10.5 Å². The van der Waals surface area contributed by atoms with Gasteiger partial charge in [0.05, 0.1) is 4.75 Å². The van der Waals surface area contributed by atoms with Crippen molar-refractivity contribution in [3.63, 3.8) is 0 Å². The Morgan fingerprint density at radius 1 is 1.22 bits per heavy atom. The molecule has 128 valence electrons. The molecule has 1 aromatic rings. The molecule has 0 unspecified atom stereocenters. The molecule has 2 amide bonds. The fourth-order valence-corrected chi connectivity index (χ4v) is 4.27. The Hall–Kier alpha value is -1.56. The predicted octanol–water partition coefficient (Wildman–Crippen LogP) is 3.07. The molecule has 2 rings (SSSR count). The van der Waals surface area contributed by atoms with Crippen molar-refractivity contribution in [1.82, 2.24) is 5.32 Å². The lowest BCUT2D eigenvalue weighted by atomic mass is 9.84. The number of anilines is 1.